The van der Waals surface area contributed by atoms with Crippen LogP contribution in [0.1, 0.15) is 20.8 Å². The maximum atomic E-state index is 13.1. The lowest BCUT2D eigenvalue weighted by Crippen LogP contribution is -2.47. The van der Waals surface area contributed by atoms with Crippen LogP contribution in [0.5, 0.6) is 5.75 Å². The molecule has 0 aromatic heterocycles. The van der Waals surface area contributed by atoms with Crippen molar-refractivity contribution in [3.8, 4) is 5.75 Å². The van der Waals surface area contributed by atoms with Crippen molar-refractivity contribution in [1.82, 2.24) is 0 Å². The Kier molecular flexibility index (Phi) is 6.27. The maximum absolute atomic E-state index is 13.1. The zero-order chi connectivity index (χ0) is 19.3. The summed E-state index contributed by atoms with van der Waals surface area (Å²) in [4.78, 5) is 27.5. The third kappa shape index (κ3) is 4.17. The first-order valence-electron chi connectivity index (χ1n) is 8.33. The van der Waals surface area contributed by atoms with Gasteiger partial charge in [-0.2, -0.15) is 0 Å². The van der Waals surface area contributed by atoms with Crippen LogP contribution in [0.15, 0.2) is 48.5 Å². The van der Waals surface area contributed by atoms with E-state index in [-0.39, 0.29) is 5.91 Å². The number of para-hydroxylation sites is 1. The third-order valence-electron chi connectivity index (χ3n) is 4.14. The summed E-state index contributed by atoms with van der Waals surface area (Å²) in [6.07, 6.45) is 0. The average molecular weight is 375 g/mol. The predicted molar refractivity (Wildman–Crippen MR) is 105 cm³/mol. The van der Waals surface area contributed by atoms with E-state index in [1.54, 1.807) is 36.9 Å². The van der Waals surface area contributed by atoms with Gasteiger partial charge in [-0.3, -0.25) is 9.59 Å². The van der Waals surface area contributed by atoms with E-state index in [4.69, 9.17) is 16.3 Å². The molecule has 1 N–H and O–H groups in total. The SMILES string of the molecule is CCN(C(=O)C(C)(C)C(=O)Nc1cc(Cl)ccc1OC)c1ccccc1. The second kappa shape index (κ2) is 8.23. The van der Waals surface area contributed by atoms with Gasteiger partial charge in [0.05, 0.1) is 12.8 Å². The molecule has 0 radical (unpaired) electrons. The summed E-state index contributed by atoms with van der Waals surface area (Å²) >= 11 is 6.00. The quantitative estimate of drug-likeness (QED) is 0.764. The number of amides is 2. The predicted octanol–water partition coefficient (Wildman–Crippen LogP) is 4.37. The van der Waals surface area contributed by atoms with Gasteiger partial charge in [0, 0.05) is 17.3 Å². The molecule has 0 unspecified atom stereocenters. The van der Waals surface area contributed by atoms with Crippen molar-refractivity contribution in [3.63, 3.8) is 0 Å². The Bertz CT molecular complexity index is 791. The normalized spacial score (nSPS) is 11.0. The van der Waals surface area contributed by atoms with Crippen molar-refractivity contribution in [1.29, 1.82) is 0 Å². The molecule has 2 rings (SSSR count). The van der Waals surface area contributed by atoms with Gasteiger partial charge in [0.2, 0.25) is 11.8 Å². The van der Waals surface area contributed by atoms with Crippen LogP contribution in [0.4, 0.5) is 11.4 Å². The van der Waals surface area contributed by atoms with E-state index in [1.807, 2.05) is 37.3 Å². The summed E-state index contributed by atoms with van der Waals surface area (Å²) in [6, 6.07) is 14.2. The van der Waals surface area contributed by atoms with Crippen LogP contribution in [0, 0.1) is 5.41 Å². The Morgan fingerprint density at radius 2 is 1.81 bits per heavy atom. The number of benzene rings is 2. The number of carbonyl (C=O) groups is 2. The number of nitrogens with one attached hydrogen (secondary N) is 1. The van der Waals surface area contributed by atoms with Crippen LogP contribution < -0.4 is 15.0 Å². The lowest BCUT2D eigenvalue weighted by molar-refractivity contribution is -0.136. The number of nitrogens with zero attached hydrogens (tertiary/aromatic N) is 1. The molecule has 0 atom stereocenters. The highest BCUT2D eigenvalue weighted by Crippen LogP contribution is 2.31. The zero-order valence-corrected chi connectivity index (χ0v) is 16.1. The third-order valence-corrected chi connectivity index (χ3v) is 4.38. The molecule has 0 fully saturated rings. The van der Waals surface area contributed by atoms with Crippen LogP contribution in [0.3, 0.4) is 0 Å². The second-order valence-electron chi connectivity index (χ2n) is 6.31. The Hall–Kier alpha value is -2.53. The minimum absolute atomic E-state index is 0.287. The smallest absolute Gasteiger partial charge is 0.242 e. The van der Waals surface area contributed by atoms with Crippen LogP contribution in [-0.2, 0) is 9.59 Å². The first-order chi connectivity index (χ1) is 12.3. The first kappa shape index (κ1) is 19.8. The molecule has 2 aromatic rings. The molecule has 0 aliphatic heterocycles. The van der Waals surface area contributed by atoms with E-state index in [1.165, 1.54) is 7.11 Å². The molecular formula is C20H23ClN2O3. The van der Waals surface area contributed by atoms with Crippen molar-refractivity contribution in [2.75, 3.05) is 23.9 Å². The van der Waals surface area contributed by atoms with Crippen LogP contribution in [0.2, 0.25) is 5.02 Å². The van der Waals surface area contributed by atoms with E-state index in [0.717, 1.165) is 5.69 Å². The van der Waals surface area contributed by atoms with E-state index in [2.05, 4.69) is 5.32 Å². The lowest BCUT2D eigenvalue weighted by atomic mass is 9.89. The van der Waals surface area contributed by atoms with Gasteiger partial charge >= 0.3 is 0 Å². The van der Waals surface area contributed by atoms with Crippen LogP contribution >= 0.6 is 11.6 Å². The Morgan fingerprint density at radius 3 is 2.38 bits per heavy atom. The van der Waals surface area contributed by atoms with Gasteiger partial charge in [0.15, 0.2) is 0 Å². The summed E-state index contributed by atoms with van der Waals surface area (Å²) in [5.74, 6) is -0.247. The van der Waals surface area contributed by atoms with Gasteiger partial charge in [-0.1, -0.05) is 29.8 Å². The molecule has 0 bridgehead atoms. The lowest BCUT2D eigenvalue weighted by Gasteiger charge is -2.30. The van der Waals surface area contributed by atoms with Gasteiger partial charge in [-0.05, 0) is 51.1 Å². The van der Waals surface area contributed by atoms with Gasteiger partial charge < -0.3 is 15.0 Å². The molecule has 26 heavy (non-hydrogen) atoms. The summed E-state index contributed by atoms with van der Waals surface area (Å²) in [5, 5.41) is 3.22. The highest BCUT2D eigenvalue weighted by atomic mass is 35.5. The Morgan fingerprint density at radius 1 is 1.15 bits per heavy atom. The molecule has 0 aliphatic carbocycles. The number of anilines is 2. The molecule has 138 valence electrons. The van der Waals surface area contributed by atoms with E-state index >= 15 is 0 Å². The number of hydrogen-bond acceptors (Lipinski definition) is 3. The summed E-state index contributed by atoms with van der Waals surface area (Å²) < 4.78 is 5.24. The Labute approximate surface area is 158 Å². The van der Waals surface area contributed by atoms with Crippen molar-refractivity contribution in [2.24, 2.45) is 5.41 Å². The molecule has 0 aliphatic rings. The van der Waals surface area contributed by atoms with E-state index in [9.17, 15) is 9.59 Å². The van der Waals surface area contributed by atoms with Gasteiger partial charge in [0.25, 0.3) is 0 Å². The zero-order valence-electron chi connectivity index (χ0n) is 15.4. The number of hydrogen-bond donors (Lipinski definition) is 1. The number of halogens is 1. The minimum Gasteiger partial charge on any atom is -0.495 e. The summed E-state index contributed by atoms with van der Waals surface area (Å²) in [5.41, 5.74) is -0.103. The fourth-order valence-electron chi connectivity index (χ4n) is 2.54. The monoisotopic (exact) mass is 374 g/mol. The molecule has 2 aromatic carbocycles. The van der Waals surface area contributed by atoms with Crippen LogP contribution in [0.25, 0.3) is 0 Å². The largest absolute Gasteiger partial charge is 0.495 e. The fourth-order valence-corrected chi connectivity index (χ4v) is 2.71. The molecule has 5 nitrogen and oxygen atoms in total. The van der Waals surface area contributed by atoms with E-state index in [0.29, 0.717) is 23.0 Å². The van der Waals surface area contributed by atoms with Gasteiger partial charge in [0.1, 0.15) is 11.2 Å². The van der Waals surface area contributed by atoms with Crippen LogP contribution in [-0.4, -0.2) is 25.5 Å². The standard InChI is InChI=1S/C20H23ClN2O3/c1-5-23(15-9-7-6-8-10-15)19(25)20(2,3)18(24)22-16-13-14(21)11-12-17(16)26-4/h6-13H,5H2,1-4H3,(H,22,24). The van der Waals surface area contributed by atoms with Crippen molar-refractivity contribution in [2.45, 2.75) is 20.8 Å². The highest BCUT2D eigenvalue weighted by molar-refractivity contribution is 6.31. The van der Waals surface area contributed by atoms with Crippen molar-refractivity contribution < 1.29 is 14.3 Å². The molecule has 6 heteroatoms. The molecule has 0 saturated carbocycles. The number of methoxy groups -OCH3 is 1. The molecule has 0 heterocycles. The number of rotatable bonds is 6. The molecule has 0 saturated heterocycles. The second-order valence-corrected chi connectivity index (χ2v) is 6.75. The summed E-state index contributed by atoms with van der Waals surface area (Å²) in [7, 11) is 1.50. The van der Waals surface area contributed by atoms with Gasteiger partial charge in [-0.15, -0.1) is 0 Å². The topological polar surface area (TPSA) is 58.6 Å². The molecular weight excluding hydrogens is 352 g/mol. The minimum atomic E-state index is -1.28. The fraction of sp³-hybridized carbons (Fsp3) is 0.300. The molecule has 2 amide bonds. The Balaban J connectivity index is 2.26. The summed E-state index contributed by atoms with van der Waals surface area (Å²) in [6.45, 7) is 5.54. The van der Waals surface area contributed by atoms with Crippen molar-refractivity contribution >= 4 is 34.8 Å². The molecule has 0 spiro atoms. The first-order valence-corrected chi connectivity index (χ1v) is 8.71. The maximum Gasteiger partial charge on any atom is 0.242 e. The van der Waals surface area contributed by atoms with E-state index < -0.39 is 11.3 Å². The van der Waals surface area contributed by atoms with Gasteiger partial charge in [-0.25, -0.2) is 0 Å². The highest BCUT2D eigenvalue weighted by Gasteiger charge is 2.39. The number of ether oxygens (including phenoxy) is 1. The average Bonchev–Trinajstić information content (AvgIpc) is 2.63. The number of carbonyl (C=O) groups excluding carboxylic acids is 2. The van der Waals surface area contributed by atoms with Crippen molar-refractivity contribution in [3.05, 3.63) is 53.6 Å².